The first-order valence-electron chi connectivity index (χ1n) is 2.07. The topological polar surface area (TPSA) is 35.2 Å². The van der Waals surface area contributed by atoms with Crippen molar-refractivity contribution >= 4 is 0 Å². The Balaban J connectivity index is 2.45. The third-order valence-electron chi connectivity index (χ3n) is 0.724. The number of hydrogen-bond acceptors (Lipinski definition) is 2. The van der Waals surface area contributed by atoms with Crippen molar-refractivity contribution in [1.29, 1.82) is 0 Å². The van der Waals surface area contributed by atoms with Gasteiger partial charge in [-0.15, -0.1) is 0 Å². The first-order valence-corrected chi connectivity index (χ1v) is 2.07. The molecule has 1 heterocycles. The van der Waals surface area contributed by atoms with Gasteiger partial charge in [0.25, 0.3) is 12.0 Å². The van der Waals surface area contributed by atoms with E-state index in [1.165, 1.54) is 6.26 Å². The Morgan fingerprint density at radius 1 is 1.86 bits per heavy atom. The van der Waals surface area contributed by atoms with Crippen molar-refractivity contribution in [3.63, 3.8) is 0 Å². The summed E-state index contributed by atoms with van der Waals surface area (Å²) in [6.45, 7) is 0.462. The van der Waals surface area contributed by atoms with Gasteiger partial charge >= 0.3 is 0 Å². The molecule has 1 rings (SSSR count). The lowest BCUT2D eigenvalue weighted by Gasteiger charge is -1.80. The molecule has 0 atom stereocenters. The van der Waals surface area contributed by atoms with Crippen LogP contribution in [0.3, 0.4) is 0 Å². The zero-order chi connectivity index (χ0) is 5.11. The predicted molar refractivity (Wildman–Crippen MR) is 26.0 cm³/mol. The molecule has 0 spiro atoms. The van der Waals surface area contributed by atoms with Crippen molar-refractivity contribution in [2.24, 2.45) is 5.73 Å². The molecule has 0 aromatic carbocycles. The maximum atomic E-state index is 5.18. The first-order chi connectivity index (χ1) is 3.43. The largest absolute Gasteiger partial charge is 0.349 e. The number of rotatable bonds is 1. The van der Waals surface area contributed by atoms with Crippen molar-refractivity contribution in [2.45, 2.75) is 0 Å². The lowest BCUT2D eigenvalue weighted by atomic mass is 10.5. The fourth-order valence-corrected chi connectivity index (χ4v) is 0.378. The monoisotopic (exact) mass is 96.0 g/mol. The van der Waals surface area contributed by atoms with Gasteiger partial charge in [-0.1, -0.05) is 0 Å². The lowest BCUT2D eigenvalue weighted by molar-refractivity contribution is 0.356. The fraction of sp³-hybridized carbons (Fsp3) is 0.200. The molecule has 0 fully saturated rings. The molecular weight excluding hydrogens is 90.1 g/mol. The Morgan fingerprint density at radius 3 is 3.00 bits per heavy atom. The normalized spacial score (nSPS) is 15.3. The number of allylic oxidation sites excluding steroid dienone is 2. The molecule has 0 radical (unpaired) electrons. The smallest absolute Gasteiger partial charge is 0.264 e. The summed E-state index contributed by atoms with van der Waals surface area (Å²) in [5, 5.41) is 0. The van der Waals surface area contributed by atoms with Crippen LogP contribution in [0.1, 0.15) is 0 Å². The first kappa shape index (κ1) is 4.31. The molecule has 0 amide bonds. The maximum Gasteiger partial charge on any atom is 0.264 e. The second kappa shape index (κ2) is 1.73. The molecule has 2 N–H and O–H groups in total. The van der Waals surface area contributed by atoms with Gasteiger partial charge in [-0.2, -0.15) is 0 Å². The lowest BCUT2D eigenvalue weighted by Crippen LogP contribution is -2.01. The van der Waals surface area contributed by atoms with Crippen LogP contribution in [0, 0.1) is 6.08 Å². The summed E-state index contributed by atoms with van der Waals surface area (Å²) >= 11 is 0. The highest BCUT2D eigenvalue weighted by Gasteiger charge is 2.07. The van der Waals surface area contributed by atoms with Crippen molar-refractivity contribution in [3.8, 4) is 0 Å². The Morgan fingerprint density at radius 2 is 2.71 bits per heavy atom. The summed E-state index contributed by atoms with van der Waals surface area (Å²) in [4.78, 5) is 0. The van der Waals surface area contributed by atoms with E-state index in [-0.39, 0.29) is 0 Å². The van der Waals surface area contributed by atoms with Gasteiger partial charge in [-0.05, 0) is 0 Å². The van der Waals surface area contributed by atoms with E-state index < -0.39 is 0 Å². The number of ether oxygens (including phenoxy) is 1. The summed E-state index contributed by atoms with van der Waals surface area (Å²) in [5.74, 6) is 0.778. The minimum absolute atomic E-state index is 0.462. The molecule has 0 saturated carbocycles. The average molecular weight is 96.1 g/mol. The van der Waals surface area contributed by atoms with Crippen molar-refractivity contribution < 1.29 is 4.74 Å². The van der Waals surface area contributed by atoms with Crippen LogP contribution in [0.15, 0.2) is 18.1 Å². The zero-order valence-corrected chi connectivity index (χ0v) is 3.85. The third kappa shape index (κ3) is 0.769. The van der Waals surface area contributed by atoms with Gasteiger partial charge in [0.2, 0.25) is 6.08 Å². The summed E-state index contributed by atoms with van der Waals surface area (Å²) in [6, 6.07) is 0. The average Bonchev–Trinajstić information content (AvgIpc) is 2.14. The standard InChI is InChI=1S/C5H6NO/c6-4-5-2-1-3-7-5/h2-3H,4,6H2/q+1. The quantitative estimate of drug-likeness (QED) is 0.472. The molecule has 2 heteroatoms. The Bertz CT molecular complexity index is 115. The molecule has 0 aromatic heterocycles. The van der Waals surface area contributed by atoms with E-state index in [0.717, 1.165) is 5.76 Å². The fourth-order valence-electron chi connectivity index (χ4n) is 0.378. The van der Waals surface area contributed by atoms with Crippen LogP contribution in [0.25, 0.3) is 0 Å². The van der Waals surface area contributed by atoms with Crippen LogP contribution in [0.2, 0.25) is 0 Å². The second-order valence-corrected chi connectivity index (χ2v) is 1.22. The molecule has 1 aliphatic rings. The molecule has 1 aliphatic heterocycles. The minimum atomic E-state index is 0.462. The minimum Gasteiger partial charge on any atom is -0.349 e. The Labute approximate surface area is 42.3 Å². The van der Waals surface area contributed by atoms with Gasteiger partial charge < -0.3 is 10.5 Å². The third-order valence-corrected chi connectivity index (χ3v) is 0.724. The van der Waals surface area contributed by atoms with E-state index in [1.807, 2.05) is 0 Å². The van der Waals surface area contributed by atoms with Crippen molar-refractivity contribution in [2.75, 3.05) is 6.54 Å². The highest BCUT2D eigenvalue weighted by Crippen LogP contribution is 2.01. The van der Waals surface area contributed by atoms with Crippen molar-refractivity contribution in [3.05, 3.63) is 24.2 Å². The highest BCUT2D eigenvalue weighted by atomic mass is 16.5. The zero-order valence-electron chi connectivity index (χ0n) is 3.85. The van der Waals surface area contributed by atoms with Crippen LogP contribution >= 0.6 is 0 Å². The predicted octanol–water partition coefficient (Wildman–Crippen LogP) is 0.176. The van der Waals surface area contributed by atoms with E-state index in [4.69, 9.17) is 10.5 Å². The Hall–Kier alpha value is -0.850. The molecular formula is C5H6NO+. The summed E-state index contributed by atoms with van der Waals surface area (Å²) in [7, 11) is 0. The maximum absolute atomic E-state index is 5.18. The highest BCUT2D eigenvalue weighted by molar-refractivity contribution is 5.08. The van der Waals surface area contributed by atoms with Gasteiger partial charge in [0, 0.05) is 0 Å². The van der Waals surface area contributed by atoms with E-state index in [1.54, 1.807) is 6.08 Å². The van der Waals surface area contributed by atoms with E-state index in [9.17, 15) is 0 Å². The van der Waals surface area contributed by atoms with Crippen LogP contribution in [-0.4, -0.2) is 6.54 Å². The molecule has 0 saturated heterocycles. The van der Waals surface area contributed by atoms with Gasteiger partial charge in [-0.3, -0.25) is 0 Å². The van der Waals surface area contributed by atoms with Gasteiger partial charge in [0.15, 0.2) is 0 Å². The van der Waals surface area contributed by atoms with Crippen LogP contribution in [0.5, 0.6) is 0 Å². The van der Waals surface area contributed by atoms with Crippen LogP contribution in [-0.2, 0) is 4.74 Å². The molecule has 0 aromatic rings. The molecule has 7 heavy (non-hydrogen) atoms. The van der Waals surface area contributed by atoms with Gasteiger partial charge in [0.05, 0.1) is 0 Å². The number of nitrogens with two attached hydrogens (primary N) is 1. The molecule has 0 bridgehead atoms. The van der Waals surface area contributed by atoms with E-state index in [2.05, 4.69) is 6.08 Å². The van der Waals surface area contributed by atoms with Crippen LogP contribution in [0.4, 0.5) is 0 Å². The molecule has 0 aliphatic carbocycles. The summed E-state index contributed by atoms with van der Waals surface area (Å²) in [6.07, 6.45) is 5.94. The summed E-state index contributed by atoms with van der Waals surface area (Å²) < 4.78 is 4.80. The van der Waals surface area contributed by atoms with Gasteiger partial charge in [0.1, 0.15) is 12.6 Å². The number of hydrogen-bond donors (Lipinski definition) is 1. The van der Waals surface area contributed by atoms with E-state index in [0.29, 0.717) is 6.54 Å². The summed E-state index contributed by atoms with van der Waals surface area (Å²) in [5.41, 5.74) is 5.18. The van der Waals surface area contributed by atoms with Gasteiger partial charge in [-0.25, -0.2) is 0 Å². The van der Waals surface area contributed by atoms with E-state index >= 15 is 0 Å². The molecule has 0 unspecified atom stereocenters. The molecule has 36 valence electrons. The second-order valence-electron chi connectivity index (χ2n) is 1.22. The van der Waals surface area contributed by atoms with Crippen molar-refractivity contribution in [1.82, 2.24) is 0 Å². The Kier molecular flexibility index (Phi) is 1.07. The van der Waals surface area contributed by atoms with Crippen LogP contribution < -0.4 is 5.73 Å². The SMILES string of the molecule is NCC1=C[C+]=CO1. The molecule has 2 nitrogen and oxygen atoms in total.